The van der Waals surface area contributed by atoms with Gasteiger partial charge < -0.3 is 14.8 Å². The second-order valence-electron chi connectivity index (χ2n) is 8.27. The zero-order chi connectivity index (χ0) is 23.9. The molecule has 178 valence electrons. The fourth-order valence-corrected chi connectivity index (χ4v) is 4.65. The van der Waals surface area contributed by atoms with Crippen LogP contribution in [0.4, 0.5) is 5.69 Å². The first-order valence-corrected chi connectivity index (χ1v) is 11.7. The van der Waals surface area contributed by atoms with Crippen LogP contribution in [0, 0.1) is 0 Å². The minimum absolute atomic E-state index is 0.0983. The van der Waals surface area contributed by atoms with Crippen molar-refractivity contribution in [1.29, 1.82) is 0 Å². The molecule has 1 heterocycles. The number of ether oxygens (including phenoxy) is 2. The van der Waals surface area contributed by atoms with Gasteiger partial charge in [0.15, 0.2) is 0 Å². The van der Waals surface area contributed by atoms with Gasteiger partial charge in [-0.3, -0.25) is 14.6 Å². The molecule has 6 nitrogen and oxygen atoms in total. The molecule has 7 heteroatoms. The minimum Gasteiger partial charge on any atom is -0.495 e. The van der Waals surface area contributed by atoms with Gasteiger partial charge in [0.1, 0.15) is 11.5 Å². The highest BCUT2D eigenvalue weighted by Crippen LogP contribution is 2.36. The van der Waals surface area contributed by atoms with Crippen LogP contribution in [-0.2, 0) is 4.79 Å². The molecule has 0 radical (unpaired) electrons. The van der Waals surface area contributed by atoms with Gasteiger partial charge in [0.2, 0.25) is 5.91 Å². The quantitative estimate of drug-likeness (QED) is 0.507. The number of piperazine rings is 1. The number of rotatable bonds is 8. The lowest BCUT2D eigenvalue weighted by molar-refractivity contribution is -0.117. The van der Waals surface area contributed by atoms with Gasteiger partial charge in [0, 0.05) is 38.3 Å². The number of carbonyl (C=O) groups is 1. The Bertz CT molecular complexity index is 1050. The molecule has 3 aromatic rings. The van der Waals surface area contributed by atoms with Crippen molar-refractivity contribution in [1.82, 2.24) is 9.80 Å². The van der Waals surface area contributed by atoms with E-state index in [0.717, 1.165) is 26.2 Å². The third-order valence-corrected chi connectivity index (χ3v) is 6.41. The maximum Gasteiger partial charge on any atom is 0.238 e. The molecule has 0 atom stereocenters. The van der Waals surface area contributed by atoms with Crippen LogP contribution in [0.15, 0.2) is 72.8 Å². The number of anilines is 1. The predicted molar refractivity (Wildman–Crippen MR) is 136 cm³/mol. The summed E-state index contributed by atoms with van der Waals surface area (Å²) >= 11 is 6.17. The molecule has 0 bridgehead atoms. The topological polar surface area (TPSA) is 54.0 Å². The third-order valence-electron chi connectivity index (χ3n) is 6.12. The van der Waals surface area contributed by atoms with Crippen molar-refractivity contribution in [2.45, 2.75) is 6.04 Å². The molecular weight excluding hydrogens is 450 g/mol. The number of halogens is 1. The maximum atomic E-state index is 12.8. The average Bonchev–Trinajstić information content (AvgIpc) is 2.87. The Hall–Kier alpha value is -3.06. The molecule has 0 spiro atoms. The molecule has 0 unspecified atom stereocenters. The number of nitrogens with one attached hydrogen (secondary N) is 1. The summed E-state index contributed by atoms with van der Waals surface area (Å²) in [4.78, 5) is 17.5. The Morgan fingerprint density at radius 2 is 1.44 bits per heavy atom. The van der Waals surface area contributed by atoms with Gasteiger partial charge in [-0.25, -0.2) is 0 Å². The summed E-state index contributed by atoms with van der Waals surface area (Å²) in [5.74, 6) is 0.885. The Kier molecular flexibility index (Phi) is 8.06. The van der Waals surface area contributed by atoms with Gasteiger partial charge in [-0.1, -0.05) is 72.3 Å². The van der Waals surface area contributed by atoms with E-state index in [0.29, 0.717) is 28.8 Å². The highest BCUT2D eigenvalue weighted by molar-refractivity contribution is 6.32. The van der Waals surface area contributed by atoms with Gasteiger partial charge >= 0.3 is 0 Å². The van der Waals surface area contributed by atoms with Crippen LogP contribution in [0.5, 0.6) is 11.5 Å². The maximum absolute atomic E-state index is 12.8. The Morgan fingerprint density at radius 3 is 1.97 bits per heavy atom. The highest BCUT2D eigenvalue weighted by Gasteiger charge is 2.27. The minimum atomic E-state index is -0.0983. The molecule has 1 amide bonds. The van der Waals surface area contributed by atoms with Crippen LogP contribution < -0.4 is 14.8 Å². The average molecular weight is 480 g/mol. The molecule has 34 heavy (non-hydrogen) atoms. The molecule has 1 fully saturated rings. The number of nitrogens with zero attached hydrogens (tertiary/aromatic N) is 2. The van der Waals surface area contributed by atoms with Crippen LogP contribution in [0.25, 0.3) is 0 Å². The molecule has 0 saturated carbocycles. The smallest absolute Gasteiger partial charge is 0.238 e. The molecule has 1 N–H and O–H groups in total. The lowest BCUT2D eigenvalue weighted by Crippen LogP contribution is -2.49. The predicted octanol–water partition coefficient (Wildman–Crippen LogP) is 4.70. The summed E-state index contributed by atoms with van der Waals surface area (Å²) in [5, 5.41) is 3.37. The highest BCUT2D eigenvalue weighted by atomic mass is 35.5. The zero-order valence-electron chi connectivity index (χ0n) is 19.5. The molecule has 1 saturated heterocycles. The normalized spacial score (nSPS) is 14.7. The van der Waals surface area contributed by atoms with E-state index in [1.54, 1.807) is 19.2 Å². The first-order valence-electron chi connectivity index (χ1n) is 11.4. The van der Waals surface area contributed by atoms with Crippen molar-refractivity contribution in [2.75, 3.05) is 52.3 Å². The van der Waals surface area contributed by atoms with Crippen molar-refractivity contribution >= 4 is 23.2 Å². The summed E-state index contributed by atoms with van der Waals surface area (Å²) in [7, 11) is 3.08. The SMILES string of the molecule is COc1cc(NC(=O)CN2CCN(C(c3ccccc3)c3ccccc3)CC2)c(OC)cc1Cl. The zero-order valence-corrected chi connectivity index (χ0v) is 20.3. The largest absolute Gasteiger partial charge is 0.495 e. The fraction of sp³-hybridized carbons (Fsp3) is 0.296. The first kappa shape index (κ1) is 24.1. The molecule has 0 aromatic heterocycles. The summed E-state index contributed by atoms with van der Waals surface area (Å²) < 4.78 is 10.6. The van der Waals surface area contributed by atoms with Crippen LogP contribution in [-0.4, -0.2) is 62.7 Å². The number of hydrogen-bond donors (Lipinski definition) is 1. The van der Waals surface area contributed by atoms with E-state index < -0.39 is 0 Å². The summed E-state index contributed by atoms with van der Waals surface area (Å²) in [5.41, 5.74) is 3.10. The third kappa shape index (κ3) is 5.70. The van der Waals surface area contributed by atoms with Gasteiger partial charge in [-0.05, 0) is 11.1 Å². The van der Waals surface area contributed by atoms with Crippen LogP contribution in [0.2, 0.25) is 5.02 Å². The van der Waals surface area contributed by atoms with Gasteiger partial charge in [0.05, 0.1) is 37.5 Å². The van der Waals surface area contributed by atoms with E-state index in [9.17, 15) is 4.79 Å². The Balaban J connectivity index is 1.39. The summed E-state index contributed by atoms with van der Waals surface area (Å²) in [6.07, 6.45) is 0. The molecule has 1 aliphatic heterocycles. The lowest BCUT2D eigenvalue weighted by Gasteiger charge is -2.39. The lowest BCUT2D eigenvalue weighted by atomic mass is 9.96. The van der Waals surface area contributed by atoms with E-state index in [1.807, 2.05) is 12.1 Å². The van der Waals surface area contributed by atoms with Crippen molar-refractivity contribution < 1.29 is 14.3 Å². The standard InChI is InChI=1S/C27H30ClN3O3/c1-33-24-18-23(25(34-2)17-22(24)28)29-26(32)19-30-13-15-31(16-14-30)27(20-9-5-3-6-10-20)21-11-7-4-8-12-21/h3-12,17-18,27H,13-16,19H2,1-2H3,(H,29,32). The van der Waals surface area contributed by atoms with Gasteiger partial charge in [0.25, 0.3) is 0 Å². The first-order chi connectivity index (χ1) is 16.6. The Morgan fingerprint density at radius 1 is 0.882 bits per heavy atom. The van der Waals surface area contributed by atoms with E-state index in [4.69, 9.17) is 21.1 Å². The van der Waals surface area contributed by atoms with E-state index >= 15 is 0 Å². The number of carbonyl (C=O) groups excluding carboxylic acids is 1. The van der Waals surface area contributed by atoms with E-state index in [2.05, 4.69) is 63.6 Å². The van der Waals surface area contributed by atoms with E-state index in [-0.39, 0.29) is 11.9 Å². The second-order valence-corrected chi connectivity index (χ2v) is 8.68. The van der Waals surface area contributed by atoms with Crippen LogP contribution >= 0.6 is 11.6 Å². The number of benzene rings is 3. The monoisotopic (exact) mass is 479 g/mol. The van der Waals surface area contributed by atoms with Crippen molar-refractivity contribution in [3.05, 3.63) is 88.9 Å². The van der Waals surface area contributed by atoms with Crippen LogP contribution in [0.3, 0.4) is 0 Å². The van der Waals surface area contributed by atoms with Crippen molar-refractivity contribution in [3.63, 3.8) is 0 Å². The number of amides is 1. The molecule has 1 aliphatic rings. The summed E-state index contributed by atoms with van der Waals surface area (Å²) in [6, 6.07) is 24.7. The van der Waals surface area contributed by atoms with Crippen molar-refractivity contribution in [3.8, 4) is 11.5 Å². The van der Waals surface area contributed by atoms with Crippen LogP contribution in [0.1, 0.15) is 17.2 Å². The molecule has 0 aliphatic carbocycles. The molecule has 4 rings (SSSR count). The Labute approximate surface area is 206 Å². The van der Waals surface area contributed by atoms with Gasteiger partial charge in [-0.2, -0.15) is 0 Å². The summed E-state index contributed by atoms with van der Waals surface area (Å²) in [6.45, 7) is 3.68. The van der Waals surface area contributed by atoms with E-state index in [1.165, 1.54) is 18.2 Å². The van der Waals surface area contributed by atoms with Crippen molar-refractivity contribution in [2.24, 2.45) is 0 Å². The molecular formula is C27H30ClN3O3. The number of hydrogen-bond acceptors (Lipinski definition) is 5. The fourth-order valence-electron chi connectivity index (χ4n) is 4.42. The van der Waals surface area contributed by atoms with Gasteiger partial charge in [-0.15, -0.1) is 0 Å². The number of methoxy groups -OCH3 is 2. The second kappa shape index (κ2) is 11.4. The molecule has 3 aromatic carbocycles.